The van der Waals surface area contributed by atoms with Crippen molar-refractivity contribution in [1.29, 1.82) is 0 Å². The molecule has 0 aliphatic heterocycles. The average Bonchev–Trinajstić information content (AvgIpc) is 3.05. The van der Waals surface area contributed by atoms with E-state index in [-0.39, 0.29) is 18.8 Å². The molecule has 0 saturated heterocycles. The van der Waals surface area contributed by atoms with Crippen molar-refractivity contribution in [2.24, 2.45) is 11.8 Å². The van der Waals surface area contributed by atoms with Gasteiger partial charge in [0.15, 0.2) is 0 Å². The molecular formula is C21H39NO5. The summed E-state index contributed by atoms with van der Waals surface area (Å²) in [7, 11) is 0. The highest BCUT2D eigenvalue weighted by molar-refractivity contribution is 5.76. The van der Waals surface area contributed by atoms with Crippen molar-refractivity contribution >= 4 is 12.4 Å². The fraction of sp³-hybridized carbons (Fsp3) is 0.905. The molecule has 0 spiro atoms. The summed E-state index contributed by atoms with van der Waals surface area (Å²) in [5.74, 6) is 0.940. The van der Waals surface area contributed by atoms with E-state index in [1.165, 1.54) is 12.8 Å². The molecule has 1 amide bonds. The number of alkyl carbamates (subject to hydrolysis) is 1. The summed E-state index contributed by atoms with van der Waals surface area (Å²) in [6.45, 7) is 14.0. The van der Waals surface area contributed by atoms with Gasteiger partial charge in [0.25, 0.3) is 0 Å². The Morgan fingerprint density at radius 3 is 2.19 bits per heavy atom. The summed E-state index contributed by atoms with van der Waals surface area (Å²) in [5, 5.41) is 2.62. The van der Waals surface area contributed by atoms with Gasteiger partial charge in [-0.25, -0.2) is 4.79 Å². The van der Waals surface area contributed by atoms with Crippen molar-refractivity contribution in [3.05, 3.63) is 0 Å². The van der Waals surface area contributed by atoms with Crippen LogP contribution in [0.5, 0.6) is 0 Å². The maximum atomic E-state index is 12.0. The molecule has 1 aliphatic carbocycles. The Morgan fingerprint density at radius 2 is 1.70 bits per heavy atom. The second-order valence-corrected chi connectivity index (χ2v) is 9.41. The number of hydrogen-bond donors (Lipinski definition) is 1. The van der Waals surface area contributed by atoms with Gasteiger partial charge in [0.1, 0.15) is 17.4 Å². The molecule has 0 unspecified atom stereocenters. The van der Waals surface area contributed by atoms with Crippen LogP contribution in [0.3, 0.4) is 0 Å². The van der Waals surface area contributed by atoms with Gasteiger partial charge in [0.2, 0.25) is 0 Å². The number of aldehydes is 1. The zero-order valence-electron chi connectivity index (χ0n) is 18.2. The Labute approximate surface area is 164 Å². The van der Waals surface area contributed by atoms with Gasteiger partial charge in [-0.05, 0) is 59.3 Å². The smallest absolute Gasteiger partial charge is 0.408 e. The second kappa shape index (κ2) is 10.4. The van der Waals surface area contributed by atoms with Crippen LogP contribution in [0.2, 0.25) is 0 Å². The molecule has 0 heterocycles. The zero-order valence-corrected chi connectivity index (χ0v) is 18.2. The molecule has 6 nitrogen and oxygen atoms in total. The van der Waals surface area contributed by atoms with E-state index in [0.717, 1.165) is 12.8 Å². The van der Waals surface area contributed by atoms with Gasteiger partial charge in [0.05, 0.1) is 18.8 Å². The van der Waals surface area contributed by atoms with Crippen molar-refractivity contribution in [1.82, 2.24) is 5.32 Å². The SMILES string of the molecule is CC(C)CO[C@H](C1CCCC1)[C@H](C)OC[C@](C)(C=O)NC(=O)OC(C)(C)C. The normalized spacial score (nSPS) is 20.1. The molecule has 0 aromatic heterocycles. The quantitative estimate of drug-likeness (QED) is 0.573. The highest BCUT2D eigenvalue weighted by Gasteiger charge is 2.34. The number of carbonyl (C=O) groups excluding carboxylic acids is 2. The highest BCUT2D eigenvalue weighted by Crippen LogP contribution is 2.32. The van der Waals surface area contributed by atoms with E-state index < -0.39 is 17.2 Å². The third-order valence-electron chi connectivity index (χ3n) is 4.64. The topological polar surface area (TPSA) is 73.9 Å². The van der Waals surface area contributed by atoms with E-state index in [2.05, 4.69) is 19.2 Å². The minimum Gasteiger partial charge on any atom is -0.444 e. The lowest BCUT2D eigenvalue weighted by Crippen LogP contribution is -2.53. The molecule has 0 bridgehead atoms. The Morgan fingerprint density at radius 1 is 1.11 bits per heavy atom. The van der Waals surface area contributed by atoms with Crippen LogP contribution in [0.1, 0.15) is 74.1 Å². The minimum atomic E-state index is -1.14. The monoisotopic (exact) mass is 385 g/mol. The van der Waals surface area contributed by atoms with Crippen molar-refractivity contribution in [2.45, 2.75) is 97.5 Å². The summed E-state index contributed by atoms with van der Waals surface area (Å²) in [4.78, 5) is 23.6. The van der Waals surface area contributed by atoms with E-state index in [1.54, 1.807) is 27.7 Å². The van der Waals surface area contributed by atoms with E-state index in [1.807, 2.05) is 6.92 Å². The predicted octanol–water partition coefficient (Wildman–Crippen LogP) is 4.11. The first-order valence-electron chi connectivity index (χ1n) is 10.2. The number of rotatable bonds is 10. The van der Waals surface area contributed by atoms with E-state index in [4.69, 9.17) is 14.2 Å². The minimum absolute atomic E-state index is 0.00679. The summed E-state index contributed by atoms with van der Waals surface area (Å²) >= 11 is 0. The van der Waals surface area contributed by atoms with Gasteiger partial charge in [-0.3, -0.25) is 0 Å². The van der Waals surface area contributed by atoms with Crippen molar-refractivity contribution in [3.8, 4) is 0 Å². The molecule has 1 rings (SSSR count). The predicted molar refractivity (Wildman–Crippen MR) is 106 cm³/mol. The average molecular weight is 386 g/mol. The molecule has 1 saturated carbocycles. The third kappa shape index (κ3) is 9.06. The molecule has 1 fully saturated rings. The van der Waals surface area contributed by atoms with Crippen LogP contribution in [0, 0.1) is 11.8 Å². The van der Waals surface area contributed by atoms with Crippen LogP contribution in [-0.4, -0.2) is 48.9 Å². The second-order valence-electron chi connectivity index (χ2n) is 9.41. The van der Waals surface area contributed by atoms with Crippen molar-refractivity contribution < 1.29 is 23.8 Å². The van der Waals surface area contributed by atoms with Gasteiger partial charge in [0, 0.05) is 6.61 Å². The Balaban J connectivity index is 2.65. The van der Waals surface area contributed by atoms with E-state index >= 15 is 0 Å². The van der Waals surface area contributed by atoms with Crippen LogP contribution < -0.4 is 5.32 Å². The largest absolute Gasteiger partial charge is 0.444 e. The lowest BCUT2D eigenvalue weighted by Gasteiger charge is -2.33. The molecule has 1 N–H and O–H groups in total. The van der Waals surface area contributed by atoms with Crippen LogP contribution >= 0.6 is 0 Å². The van der Waals surface area contributed by atoms with Gasteiger partial charge < -0.3 is 24.3 Å². The molecule has 0 radical (unpaired) electrons. The zero-order chi connectivity index (χ0) is 20.7. The summed E-state index contributed by atoms with van der Waals surface area (Å²) in [6.07, 6.45) is 4.67. The molecule has 0 aromatic carbocycles. The third-order valence-corrected chi connectivity index (χ3v) is 4.64. The van der Waals surface area contributed by atoms with Crippen LogP contribution in [0.4, 0.5) is 4.79 Å². The molecule has 3 atom stereocenters. The Bertz CT molecular complexity index is 468. The Kier molecular flexibility index (Phi) is 9.22. The molecule has 158 valence electrons. The van der Waals surface area contributed by atoms with Crippen LogP contribution in [-0.2, 0) is 19.0 Å². The van der Waals surface area contributed by atoms with Gasteiger partial charge >= 0.3 is 6.09 Å². The molecule has 0 aromatic rings. The number of nitrogens with one attached hydrogen (secondary N) is 1. The lowest BCUT2D eigenvalue weighted by atomic mass is 9.96. The molecule has 1 aliphatic rings. The lowest BCUT2D eigenvalue weighted by molar-refractivity contribution is -0.124. The maximum Gasteiger partial charge on any atom is 0.408 e. The number of carbonyl (C=O) groups is 2. The fourth-order valence-corrected chi connectivity index (χ4v) is 3.28. The highest BCUT2D eigenvalue weighted by atomic mass is 16.6. The van der Waals surface area contributed by atoms with Crippen LogP contribution in [0.15, 0.2) is 0 Å². The molecular weight excluding hydrogens is 346 g/mol. The van der Waals surface area contributed by atoms with Gasteiger partial charge in [-0.2, -0.15) is 0 Å². The van der Waals surface area contributed by atoms with Gasteiger partial charge in [-0.15, -0.1) is 0 Å². The summed E-state index contributed by atoms with van der Waals surface area (Å²) in [6, 6.07) is 0. The standard InChI is InChI=1S/C21H39NO5/c1-15(2)12-25-18(17-10-8-9-11-17)16(3)26-14-21(7,13-23)22-19(24)27-20(4,5)6/h13,15-18H,8-12,14H2,1-7H3,(H,22,24)/t16-,18-,21-/m0/s1. The molecule has 6 heteroatoms. The maximum absolute atomic E-state index is 12.0. The summed E-state index contributed by atoms with van der Waals surface area (Å²) < 4.78 is 17.4. The van der Waals surface area contributed by atoms with E-state index in [9.17, 15) is 9.59 Å². The number of amides is 1. The first-order chi connectivity index (χ1) is 12.5. The number of hydrogen-bond acceptors (Lipinski definition) is 5. The van der Waals surface area contributed by atoms with Crippen LogP contribution in [0.25, 0.3) is 0 Å². The van der Waals surface area contributed by atoms with Gasteiger partial charge in [-0.1, -0.05) is 26.7 Å². The molecule has 27 heavy (non-hydrogen) atoms. The first-order valence-corrected chi connectivity index (χ1v) is 10.2. The van der Waals surface area contributed by atoms with Crippen molar-refractivity contribution in [2.75, 3.05) is 13.2 Å². The summed E-state index contributed by atoms with van der Waals surface area (Å²) in [5.41, 5.74) is -1.77. The van der Waals surface area contributed by atoms with Crippen molar-refractivity contribution in [3.63, 3.8) is 0 Å². The fourth-order valence-electron chi connectivity index (χ4n) is 3.28. The Hall–Kier alpha value is -1.14. The van der Waals surface area contributed by atoms with E-state index in [0.29, 0.717) is 24.7 Å². The number of ether oxygens (including phenoxy) is 3. The first kappa shape index (κ1) is 23.9.